The van der Waals surface area contributed by atoms with Crippen LogP contribution in [0.4, 0.5) is 0 Å². The molecule has 0 spiro atoms. The van der Waals surface area contributed by atoms with Gasteiger partial charge in [0.2, 0.25) is 5.78 Å². The summed E-state index contributed by atoms with van der Waals surface area (Å²) >= 11 is 0. The van der Waals surface area contributed by atoms with E-state index in [-0.39, 0.29) is 5.78 Å². The van der Waals surface area contributed by atoms with Gasteiger partial charge in [0, 0.05) is 11.1 Å². The maximum Gasteiger partial charge on any atom is 0.206 e. The molecule has 0 amide bonds. The predicted molar refractivity (Wildman–Crippen MR) is 103 cm³/mol. The van der Waals surface area contributed by atoms with Gasteiger partial charge >= 0.3 is 0 Å². The highest BCUT2D eigenvalue weighted by molar-refractivity contribution is 7.90. The predicted octanol–water partition coefficient (Wildman–Crippen LogP) is 4.46. The lowest BCUT2D eigenvalue weighted by Gasteiger charge is -2.10. The van der Waals surface area contributed by atoms with Crippen LogP contribution in [0.1, 0.15) is 21.5 Å². The first kappa shape index (κ1) is 16.5. The summed E-state index contributed by atoms with van der Waals surface area (Å²) in [7, 11) is -0.00568. The summed E-state index contributed by atoms with van der Waals surface area (Å²) in [6, 6.07) is 24.1. The lowest BCUT2D eigenvalue weighted by molar-refractivity contribution is 0.104. The SMILES string of the molecule is COc1ccccc1C(=O)C1=C(c2ccccc2)c2ccccc2S1=O. The second-order valence-electron chi connectivity index (χ2n) is 5.86. The number of rotatable bonds is 4. The van der Waals surface area contributed by atoms with Gasteiger partial charge in [0.1, 0.15) is 10.7 Å². The zero-order valence-electron chi connectivity index (χ0n) is 14.1. The van der Waals surface area contributed by atoms with Crippen LogP contribution in [-0.2, 0) is 10.8 Å². The molecule has 1 atom stereocenters. The van der Waals surface area contributed by atoms with Crippen molar-refractivity contribution in [3.8, 4) is 5.75 Å². The lowest BCUT2D eigenvalue weighted by atomic mass is 9.95. The number of carbonyl (C=O) groups excluding carboxylic acids is 1. The summed E-state index contributed by atoms with van der Waals surface area (Å²) in [5.74, 6) is 0.209. The van der Waals surface area contributed by atoms with Crippen molar-refractivity contribution in [1.29, 1.82) is 0 Å². The molecule has 0 saturated carbocycles. The van der Waals surface area contributed by atoms with Crippen molar-refractivity contribution in [2.45, 2.75) is 4.90 Å². The monoisotopic (exact) mass is 360 g/mol. The third kappa shape index (κ3) is 2.59. The highest BCUT2D eigenvalue weighted by Gasteiger charge is 2.34. The summed E-state index contributed by atoms with van der Waals surface area (Å²) in [6.07, 6.45) is 0. The number of Topliss-reactive ketones (excluding diaryl/α,β-unsaturated/α-hetero) is 1. The van der Waals surface area contributed by atoms with E-state index in [1.165, 1.54) is 7.11 Å². The Bertz CT molecular complexity index is 1050. The van der Waals surface area contributed by atoms with Crippen LogP contribution in [0.15, 0.2) is 88.7 Å². The summed E-state index contributed by atoms with van der Waals surface area (Å²) < 4.78 is 18.5. The standard InChI is InChI=1S/C22H16O3S/c1-25-18-13-7-5-11-16(18)21(23)22-20(15-9-3-2-4-10-15)17-12-6-8-14-19(17)26(22)24/h2-14H,1H3. The Labute approximate surface area is 154 Å². The number of allylic oxidation sites excluding steroid dienone is 1. The molecule has 128 valence electrons. The van der Waals surface area contributed by atoms with E-state index in [1.54, 1.807) is 18.2 Å². The normalized spacial score (nSPS) is 15.7. The van der Waals surface area contributed by atoms with Gasteiger partial charge in [-0.3, -0.25) is 4.79 Å². The van der Waals surface area contributed by atoms with E-state index in [0.717, 1.165) is 16.7 Å². The molecule has 3 aromatic carbocycles. The van der Waals surface area contributed by atoms with Gasteiger partial charge in [-0.1, -0.05) is 60.7 Å². The molecule has 0 saturated heterocycles. The molecule has 0 aromatic heterocycles. The van der Waals surface area contributed by atoms with E-state index < -0.39 is 10.8 Å². The molecule has 4 rings (SSSR count). The average molecular weight is 360 g/mol. The van der Waals surface area contributed by atoms with Crippen molar-refractivity contribution < 1.29 is 13.7 Å². The first-order chi connectivity index (χ1) is 12.7. The molecule has 0 aliphatic carbocycles. The highest BCUT2D eigenvalue weighted by atomic mass is 32.2. The van der Waals surface area contributed by atoms with E-state index in [0.29, 0.717) is 21.1 Å². The minimum Gasteiger partial charge on any atom is -0.496 e. The third-order valence-electron chi connectivity index (χ3n) is 4.39. The number of carbonyl (C=O) groups is 1. The van der Waals surface area contributed by atoms with Gasteiger partial charge in [-0.2, -0.15) is 0 Å². The number of methoxy groups -OCH3 is 1. The van der Waals surface area contributed by atoms with Crippen LogP contribution in [-0.4, -0.2) is 17.1 Å². The number of hydrogen-bond donors (Lipinski definition) is 0. The Hall–Kier alpha value is -2.98. The summed E-state index contributed by atoms with van der Waals surface area (Å²) in [5.41, 5.74) is 2.87. The van der Waals surface area contributed by atoms with Crippen LogP contribution in [0.5, 0.6) is 5.75 Å². The van der Waals surface area contributed by atoms with Crippen LogP contribution < -0.4 is 4.74 Å². The van der Waals surface area contributed by atoms with Crippen molar-refractivity contribution in [3.63, 3.8) is 0 Å². The lowest BCUT2D eigenvalue weighted by Crippen LogP contribution is -2.09. The van der Waals surface area contributed by atoms with Crippen LogP contribution in [0.3, 0.4) is 0 Å². The van der Waals surface area contributed by atoms with Crippen molar-refractivity contribution in [1.82, 2.24) is 0 Å². The molecule has 1 unspecified atom stereocenters. The Morgan fingerprint density at radius 1 is 0.846 bits per heavy atom. The Morgan fingerprint density at radius 3 is 2.27 bits per heavy atom. The molecular formula is C22H16O3S. The molecular weight excluding hydrogens is 344 g/mol. The first-order valence-corrected chi connectivity index (χ1v) is 9.36. The molecule has 1 heterocycles. The maximum atomic E-state index is 13.4. The molecule has 0 radical (unpaired) electrons. The minimum absolute atomic E-state index is 0.268. The molecule has 0 bridgehead atoms. The van der Waals surface area contributed by atoms with Crippen LogP contribution in [0.25, 0.3) is 5.57 Å². The molecule has 26 heavy (non-hydrogen) atoms. The van der Waals surface area contributed by atoms with Crippen molar-refractivity contribution in [2.75, 3.05) is 7.11 Å². The number of para-hydroxylation sites is 1. The number of ether oxygens (including phenoxy) is 1. The van der Waals surface area contributed by atoms with Gasteiger partial charge in [0.25, 0.3) is 0 Å². The van der Waals surface area contributed by atoms with Gasteiger partial charge in [0.15, 0.2) is 0 Å². The smallest absolute Gasteiger partial charge is 0.206 e. The second kappa shape index (κ2) is 6.73. The van der Waals surface area contributed by atoms with Crippen molar-refractivity contribution >= 4 is 22.2 Å². The largest absolute Gasteiger partial charge is 0.496 e. The Morgan fingerprint density at radius 2 is 1.50 bits per heavy atom. The maximum absolute atomic E-state index is 13.4. The van der Waals surface area contributed by atoms with E-state index in [9.17, 15) is 9.00 Å². The van der Waals surface area contributed by atoms with E-state index in [1.807, 2.05) is 60.7 Å². The second-order valence-corrected chi connectivity index (χ2v) is 7.25. The number of ketones is 1. The van der Waals surface area contributed by atoms with Crippen LogP contribution >= 0.6 is 0 Å². The number of fused-ring (bicyclic) bond motifs is 1. The fraction of sp³-hybridized carbons (Fsp3) is 0.0455. The minimum atomic E-state index is -1.53. The van der Waals surface area contributed by atoms with E-state index in [2.05, 4.69) is 0 Å². The first-order valence-electron chi connectivity index (χ1n) is 8.21. The zero-order chi connectivity index (χ0) is 18.1. The molecule has 1 aliphatic rings. The van der Waals surface area contributed by atoms with Gasteiger partial charge in [-0.15, -0.1) is 0 Å². The molecule has 1 aliphatic heterocycles. The fourth-order valence-electron chi connectivity index (χ4n) is 3.20. The summed E-state index contributed by atoms with van der Waals surface area (Å²) in [6.45, 7) is 0. The van der Waals surface area contributed by atoms with Crippen LogP contribution in [0.2, 0.25) is 0 Å². The zero-order valence-corrected chi connectivity index (χ0v) is 15.0. The highest BCUT2D eigenvalue weighted by Crippen LogP contribution is 2.42. The third-order valence-corrected chi connectivity index (χ3v) is 5.90. The summed E-state index contributed by atoms with van der Waals surface area (Å²) in [5, 5.41) is 0. The number of benzene rings is 3. The van der Waals surface area contributed by atoms with Gasteiger partial charge < -0.3 is 4.74 Å². The van der Waals surface area contributed by atoms with Crippen LogP contribution in [0, 0.1) is 0 Å². The van der Waals surface area contributed by atoms with Gasteiger partial charge in [-0.05, 0) is 23.8 Å². The molecule has 3 nitrogen and oxygen atoms in total. The summed E-state index contributed by atoms with van der Waals surface area (Å²) in [4.78, 5) is 14.3. The molecule has 3 aromatic rings. The number of hydrogen-bond acceptors (Lipinski definition) is 3. The van der Waals surface area contributed by atoms with E-state index >= 15 is 0 Å². The van der Waals surface area contributed by atoms with Gasteiger partial charge in [0.05, 0.1) is 28.4 Å². The van der Waals surface area contributed by atoms with Crippen molar-refractivity contribution in [3.05, 3.63) is 100 Å². The van der Waals surface area contributed by atoms with Gasteiger partial charge in [-0.25, -0.2) is 4.21 Å². The topological polar surface area (TPSA) is 43.4 Å². The quantitative estimate of drug-likeness (QED) is 0.645. The molecule has 0 fully saturated rings. The Kier molecular flexibility index (Phi) is 4.27. The molecule has 0 N–H and O–H groups in total. The molecule has 4 heteroatoms. The fourth-order valence-corrected chi connectivity index (χ4v) is 4.69. The Balaban J connectivity index is 1.97. The average Bonchev–Trinajstić information content (AvgIpc) is 3.01. The van der Waals surface area contributed by atoms with Crippen molar-refractivity contribution in [2.24, 2.45) is 0 Å². The van der Waals surface area contributed by atoms with E-state index in [4.69, 9.17) is 4.74 Å².